The Morgan fingerprint density at radius 2 is 1.62 bits per heavy atom. The third-order valence-corrected chi connectivity index (χ3v) is 5.78. The molecule has 0 radical (unpaired) electrons. The lowest BCUT2D eigenvalue weighted by Crippen LogP contribution is -2.17. The average Bonchev–Trinajstić information content (AvgIpc) is 3.18. The van der Waals surface area contributed by atoms with E-state index in [0.29, 0.717) is 32.5 Å². The molecule has 6 nitrogen and oxygen atoms in total. The van der Waals surface area contributed by atoms with Crippen LogP contribution in [-0.4, -0.2) is 11.7 Å². The summed E-state index contributed by atoms with van der Waals surface area (Å²) in [5.41, 5.74) is 2.66. The first-order valence-electron chi connectivity index (χ1n) is 10.5. The summed E-state index contributed by atoms with van der Waals surface area (Å²) in [6, 6.07) is 18.1. The Balaban J connectivity index is 1.59. The molecule has 2 aromatic heterocycles. The van der Waals surface area contributed by atoms with Crippen molar-refractivity contribution in [2.75, 3.05) is 5.32 Å². The summed E-state index contributed by atoms with van der Waals surface area (Å²) in [4.78, 5) is 39.1. The predicted octanol–water partition coefficient (Wildman–Crippen LogP) is 6.29. The first-order valence-corrected chi connectivity index (χ1v) is 10.9. The van der Waals surface area contributed by atoms with Gasteiger partial charge in [-0.15, -0.1) is 0 Å². The van der Waals surface area contributed by atoms with Gasteiger partial charge in [0, 0.05) is 22.0 Å². The summed E-state index contributed by atoms with van der Waals surface area (Å²) in [6.45, 7) is 3.70. The van der Waals surface area contributed by atoms with Crippen molar-refractivity contribution in [2.45, 2.75) is 13.8 Å². The van der Waals surface area contributed by atoms with Crippen molar-refractivity contribution in [3.63, 3.8) is 0 Å². The summed E-state index contributed by atoms with van der Waals surface area (Å²) in [5.74, 6) is -1.29. The molecule has 34 heavy (non-hydrogen) atoms. The molecular formula is C27H18ClNO5. The summed E-state index contributed by atoms with van der Waals surface area (Å²) >= 11 is 5.94. The van der Waals surface area contributed by atoms with Gasteiger partial charge in [0.1, 0.15) is 11.2 Å². The molecule has 0 aliphatic heterocycles. The SMILES string of the molecule is Cc1cc(C)c2oc(C(=O)Nc3c(C(=O)c4ccc(Cl)cc4)oc4ccccc34)cc(=O)c2c1. The second-order valence-corrected chi connectivity index (χ2v) is 8.46. The third-order valence-electron chi connectivity index (χ3n) is 5.53. The van der Waals surface area contributed by atoms with Gasteiger partial charge in [-0.1, -0.05) is 29.8 Å². The summed E-state index contributed by atoms with van der Waals surface area (Å²) in [5, 5.41) is 4.16. The van der Waals surface area contributed by atoms with E-state index >= 15 is 0 Å². The molecule has 0 saturated heterocycles. The number of ketones is 1. The number of furan rings is 1. The highest BCUT2D eigenvalue weighted by atomic mass is 35.5. The molecule has 3 aromatic carbocycles. The van der Waals surface area contributed by atoms with Crippen LogP contribution in [0.15, 0.2) is 80.4 Å². The molecule has 0 fully saturated rings. The predicted molar refractivity (Wildman–Crippen MR) is 131 cm³/mol. The molecular weight excluding hydrogens is 454 g/mol. The van der Waals surface area contributed by atoms with E-state index < -0.39 is 11.7 Å². The number of fused-ring (bicyclic) bond motifs is 2. The summed E-state index contributed by atoms with van der Waals surface area (Å²) in [6.07, 6.45) is 0. The van der Waals surface area contributed by atoms with Crippen molar-refractivity contribution in [1.29, 1.82) is 0 Å². The number of carbonyl (C=O) groups excluding carboxylic acids is 2. The number of carbonyl (C=O) groups is 2. The van der Waals surface area contributed by atoms with E-state index in [9.17, 15) is 14.4 Å². The van der Waals surface area contributed by atoms with Crippen LogP contribution in [0.2, 0.25) is 5.02 Å². The van der Waals surface area contributed by atoms with Crippen LogP contribution in [0.25, 0.3) is 21.9 Å². The highest BCUT2D eigenvalue weighted by molar-refractivity contribution is 6.30. The number of benzene rings is 3. The Bertz CT molecular complexity index is 1660. The molecule has 5 rings (SSSR count). The largest absolute Gasteiger partial charge is 0.450 e. The highest BCUT2D eigenvalue weighted by Gasteiger charge is 2.25. The van der Waals surface area contributed by atoms with Gasteiger partial charge in [0.05, 0.1) is 11.1 Å². The van der Waals surface area contributed by atoms with Crippen LogP contribution < -0.4 is 10.7 Å². The number of para-hydroxylation sites is 1. The van der Waals surface area contributed by atoms with Gasteiger partial charge in [-0.2, -0.15) is 0 Å². The van der Waals surface area contributed by atoms with Crippen molar-refractivity contribution < 1.29 is 18.4 Å². The number of amides is 1. The third kappa shape index (κ3) is 3.78. The number of nitrogens with one attached hydrogen (secondary N) is 1. The van der Waals surface area contributed by atoms with E-state index in [1.807, 2.05) is 19.9 Å². The molecule has 7 heteroatoms. The second kappa shape index (κ2) is 8.32. The van der Waals surface area contributed by atoms with Crippen LogP contribution in [0.3, 0.4) is 0 Å². The molecule has 0 spiro atoms. The molecule has 2 heterocycles. The lowest BCUT2D eigenvalue weighted by Gasteiger charge is -2.08. The maximum absolute atomic E-state index is 13.2. The van der Waals surface area contributed by atoms with E-state index in [1.165, 1.54) is 0 Å². The fourth-order valence-corrected chi connectivity index (χ4v) is 4.08. The number of aryl methyl sites for hydroxylation is 2. The van der Waals surface area contributed by atoms with E-state index in [2.05, 4.69) is 5.32 Å². The van der Waals surface area contributed by atoms with E-state index in [4.69, 9.17) is 20.4 Å². The Labute approximate surface area is 198 Å². The van der Waals surface area contributed by atoms with Crippen molar-refractivity contribution in [3.8, 4) is 0 Å². The van der Waals surface area contributed by atoms with Crippen LogP contribution in [0, 0.1) is 13.8 Å². The van der Waals surface area contributed by atoms with Crippen molar-refractivity contribution in [2.24, 2.45) is 0 Å². The van der Waals surface area contributed by atoms with Gasteiger partial charge in [-0.3, -0.25) is 14.4 Å². The summed E-state index contributed by atoms with van der Waals surface area (Å²) < 4.78 is 11.6. The van der Waals surface area contributed by atoms with Crippen LogP contribution in [-0.2, 0) is 0 Å². The molecule has 0 atom stereocenters. The van der Waals surface area contributed by atoms with Crippen LogP contribution in [0.4, 0.5) is 5.69 Å². The monoisotopic (exact) mass is 471 g/mol. The molecule has 5 aromatic rings. The van der Waals surface area contributed by atoms with E-state index in [-0.39, 0.29) is 22.6 Å². The van der Waals surface area contributed by atoms with Crippen molar-refractivity contribution in [3.05, 3.63) is 110 Å². The van der Waals surface area contributed by atoms with Gasteiger partial charge in [-0.25, -0.2) is 0 Å². The van der Waals surface area contributed by atoms with Crippen LogP contribution >= 0.6 is 11.6 Å². The quantitative estimate of drug-likeness (QED) is 0.311. The minimum atomic E-state index is -0.671. The van der Waals surface area contributed by atoms with E-state index in [1.54, 1.807) is 54.6 Å². The zero-order valence-corrected chi connectivity index (χ0v) is 19.0. The summed E-state index contributed by atoms with van der Waals surface area (Å²) in [7, 11) is 0. The maximum Gasteiger partial charge on any atom is 0.291 e. The number of rotatable bonds is 4. The smallest absolute Gasteiger partial charge is 0.291 e. The number of hydrogen-bond acceptors (Lipinski definition) is 5. The molecule has 0 bridgehead atoms. The maximum atomic E-state index is 13.2. The van der Waals surface area contributed by atoms with Gasteiger partial charge in [0.15, 0.2) is 16.9 Å². The fourth-order valence-electron chi connectivity index (χ4n) is 3.96. The number of hydrogen-bond donors (Lipinski definition) is 1. The Hall–Kier alpha value is -4.16. The zero-order valence-electron chi connectivity index (χ0n) is 18.3. The normalized spacial score (nSPS) is 11.1. The van der Waals surface area contributed by atoms with Crippen molar-refractivity contribution in [1.82, 2.24) is 0 Å². The van der Waals surface area contributed by atoms with Gasteiger partial charge in [0.25, 0.3) is 5.91 Å². The van der Waals surface area contributed by atoms with Gasteiger partial charge in [0.2, 0.25) is 5.78 Å². The molecule has 0 aliphatic carbocycles. The highest BCUT2D eigenvalue weighted by Crippen LogP contribution is 2.33. The Morgan fingerprint density at radius 3 is 2.38 bits per heavy atom. The zero-order chi connectivity index (χ0) is 24.0. The molecule has 0 saturated carbocycles. The number of anilines is 1. The topological polar surface area (TPSA) is 89.5 Å². The Kier molecular flexibility index (Phi) is 5.30. The first kappa shape index (κ1) is 21.7. The minimum absolute atomic E-state index is 0.0354. The fraction of sp³-hybridized carbons (Fsp3) is 0.0741. The number of halogens is 1. The standard InChI is InChI=1S/C27H18ClNO5/c1-14-11-15(2)25-19(12-14)20(30)13-22(34-25)27(32)29-23-18-5-3-4-6-21(18)33-26(23)24(31)16-7-9-17(28)10-8-16/h3-13H,1-2H3,(H,29,32). The lowest BCUT2D eigenvalue weighted by molar-refractivity contribution is 0.0997. The van der Waals surface area contributed by atoms with Gasteiger partial charge >= 0.3 is 0 Å². The molecule has 168 valence electrons. The average molecular weight is 472 g/mol. The minimum Gasteiger partial charge on any atom is -0.450 e. The van der Waals surface area contributed by atoms with Gasteiger partial charge < -0.3 is 14.2 Å². The van der Waals surface area contributed by atoms with Crippen molar-refractivity contribution >= 4 is 50.9 Å². The van der Waals surface area contributed by atoms with E-state index in [0.717, 1.165) is 17.2 Å². The molecule has 0 unspecified atom stereocenters. The molecule has 0 aliphatic rings. The first-order chi connectivity index (χ1) is 16.3. The molecule has 1 amide bonds. The molecule has 1 N–H and O–H groups in total. The Morgan fingerprint density at radius 1 is 0.882 bits per heavy atom. The van der Waals surface area contributed by atoms with Gasteiger partial charge in [-0.05, 0) is 67.4 Å². The van der Waals surface area contributed by atoms with Crippen LogP contribution in [0.1, 0.15) is 37.8 Å². The van der Waals surface area contributed by atoms with Crippen LogP contribution in [0.5, 0.6) is 0 Å². The second-order valence-electron chi connectivity index (χ2n) is 8.03. The lowest BCUT2D eigenvalue weighted by atomic mass is 10.1.